The van der Waals surface area contributed by atoms with Crippen LogP contribution >= 0.6 is 0 Å². The number of rotatable bonds is 6. The Balaban J connectivity index is 2.18. The number of hydrogen-bond donors (Lipinski definition) is 1. The Hall–Kier alpha value is -2.91. The molecule has 1 aliphatic heterocycles. The van der Waals surface area contributed by atoms with Crippen molar-refractivity contribution in [2.75, 3.05) is 18.5 Å². The second-order valence-electron chi connectivity index (χ2n) is 8.27. The third kappa shape index (κ3) is 5.11. The van der Waals surface area contributed by atoms with E-state index in [1.165, 1.54) is 14.2 Å². The van der Waals surface area contributed by atoms with E-state index >= 15 is 0 Å². The summed E-state index contributed by atoms with van der Waals surface area (Å²) in [5.74, 6) is -1.41. The van der Waals surface area contributed by atoms with E-state index in [0.29, 0.717) is 22.5 Å². The molecule has 1 amide bonds. The third-order valence-electron chi connectivity index (χ3n) is 6.04. The molecule has 1 unspecified atom stereocenters. The van der Waals surface area contributed by atoms with Crippen molar-refractivity contribution in [3.63, 3.8) is 0 Å². The van der Waals surface area contributed by atoms with Crippen molar-refractivity contribution < 1.29 is 53.9 Å². The van der Waals surface area contributed by atoms with E-state index in [0.717, 1.165) is 29.3 Å². The van der Waals surface area contributed by atoms with Crippen LogP contribution < -0.4 is 4.31 Å². The normalized spacial score (nSPS) is 16.9. The lowest BCUT2D eigenvalue weighted by Crippen LogP contribution is -2.54. The number of aryl methyl sites for hydroxylation is 1. The van der Waals surface area contributed by atoms with E-state index in [1.54, 1.807) is 0 Å². The summed E-state index contributed by atoms with van der Waals surface area (Å²) in [6.07, 6.45) is -13.1. The maximum absolute atomic E-state index is 13.5. The highest BCUT2D eigenvalue weighted by Crippen LogP contribution is 2.51. The first-order valence-electron chi connectivity index (χ1n) is 10.5. The van der Waals surface area contributed by atoms with Gasteiger partial charge in [-0.05, 0) is 48.7 Å². The summed E-state index contributed by atoms with van der Waals surface area (Å²) in [4.78, 5) is 16.8. The molecular formula is C22H21F7N2O5S. The topological polar surface area (TPSA) is 87.2 Å². The van der Waals surface area contributed by atoms with Crippen molar-refractivity contribution in [1.82, 2.24) is 5.06 Å². The minimum Gasteiger partial charge on any atom is -0.369 e. The van der Waals surface area contributed by atoms with Gasteiger partial charge in [0.25, 0.3) is 15.6 Å². The van der Waals surface area contributed by atoms with Gasteiger partial charge in [0.15, 0.2) is 0 Å². The van der Waals surface area contributed by atoms with Crippen LogP contribution in [0.15, 0.2) is 47.4 Å². The number of hydrogen-bond acceptors (Lipinski definition) is 5. The standard InChI is InChI=1S/C22H21F7N2O5S/c1-30(36-2)19(32)12-16-7-3-13-11-14(20(33,21(24,25)26)22(27,28)29)4-10-18(13)31(16)37(34,35)17-8-5-15(23)6-9-17/h4-6,8-11,16,33H,3,7,12H2,1-2H3. The second kappa shape index (κ2) is 9.76. The van der Waals surface area contributed by atoms with Crippen LogP contribution in [-0.2, 0) is 31.7 Å². The maximum Gasteiger partial charge on any atom is 0.430 e. The number of carbonyl (C=O) groups excluding carboxylic acids is 1. The average molecular weight is 558 g/mol. The van der Waals surface area contributed by atoms with Crippen LogP contribution in [-0.4, -0.2) is 57.0 Å². The molecule has 2 aromatic rings. The molecule has 1 N–H and O–H groups in total. The van der Waals surface area contributed by atoms with Gasteiger partial charge >= 0.3 is 12.4 Å². The Kier molecular flexibility index (Phi) is 7.56. The van der Waals surface area contributed by atoms with Crippen LogP contribution in [0.25, 0.3) is 0 Å². The molecule has 0 spiro atoms. The van der Waals surface area contributed by atoms with Gasteiger partial charge in [0.1, 0.15) is 5.82 Å². The molecule has 1 atom stereocenters. The Morgan fingerprint density at radius 2 is 1.65 bits per heavy atom. The summed E-state index contributed by atoms with van der Waals surface area (Å²) in [6, 6.07) is 3.95. The van der Waals surface area contributed by atoms with Gasteiger partial charge < -0.3 is 5.11 Å². The summed E-state index contributed by atoms with van der Waals surface area (Å²) in [6.45, 7) is 0. The van der Waals surface area contributed by atoms with Crippen LogP contribution in [0, 0.1) is 5.82 Å². The number of sulfonamides is 1. The molecule has 37 heavy (non-hydrogen) atoms. The lowest BCUT2D eigenvalue weighted by Gasteiger charge is -2.39. The van der Waals surface area contributed by atoms with Crippen LogP contribution in [0.3, 0.4) is 0 Å². The largest absolute Gasteiger partial charge is 0.430 e. The molecule has 0 saturated carbocycles. The van der Waals surface area contributed by atoms with E-state index in [2.05, 4.69) is 0 Å². The molecule has 0 bridgehead atoms. The van der Waals surface area contributed by atoms with Gasteiger partial charge in [0.2, 0.25) is 5.91 Å². The van der Waals surface area contributed by atoms with E-state index in [1.807, 2.05) is 0 Å². The first-order chi connectivity index (χ1) is 16.9. The Morgan fingerprint density at radius 3 is 2.16 bits per heavy atom. The summed E-state index contributed by atoms with van der Waals surface area (Å²) >= 11 is 0. The molecule has 0 aromatic heterocycles. The van der Waals surface area contributed by atoms with Crippen LogP contribution in [0.4, 0.5) is 36.4 Å². The number of anilines is 1. The summed E-state index contributed by atoms with van der Waals surface area (Å²) in [5.41, 5.74) is -7.27. The predicted molar refractivity (Wildman–Crippen MR) is 115 cm³/mol. The van der Waals surface area contributed by atoms with Crippen molar-refractivity contribution in [3.05, 3.63) is 59.4 Å². The lowest BCUT2D eigenvalue weighted by molar-refractivity contribution is -0.376. The van der Waals surface area contributed by atoms with Gasteiger partial charge in [-0.15, -0.1) is 0 Å². The Morgan fingerprint density at radius 1 is 1.08 bits per heavy atom. The lowest BCUT2D eigenvalue weighted by atomic mass is 9.87. The van der Waals surface area contributed by atoms with Crippen molar-refractivity contribution >= 4 is 21.6 Å². The van der Waals surface area contributed by atoms with Crippen molar-refractivity contribution in [3.8, 4) is 0 Å². The van der Waals surface area contributed by atoms with Crippen molar-refractivity contribution in [2.24, 2.45) is 0 Å². The first-order valence-corrected chi connectivity index (χ1v) is 12.0. The van der Waals surface area contributed by atoms with E-state index in [4.69, 9.17) is 4.84 Å². The molecule has 7 nitrogen and oxygen atoms in total. The number of alkyl halides is 6. The van der Waals surface area contributed by atoms with E-state index in [-0.39, 0.29) is 24.1 Å². The predicted octanol–water partition coefficient (Wildman–Crippen LogP) is 4.06. The fraction of sp³-hybridized carbons (Fsp3) is 0.409. The molecule has 1 heterocycles. The number of amides is 1. The molecule has 1 aliphatic rings. The Labute approximate surface area is 207 Å². The smallest absolute Gasteiger partial charge is 0.369 e. The molecule has 0 fully saturated rings. The zero-order valence-corrected chi connectivity index (χ0v) is 20.1. The van der Waals surface area contributed by atoms with Gasteiger partial charge in [-0.25, -0.2) is 17.9 Å². The van der Waals surface area contributed by atoms with Gasteiger partial charge in [-0.3, -0.25) is 13.9 Å². The summed E-state index contributed by atoms with van der Waals surface area (Å²) in [5, 5.41) is 10.6. The molecular weight excluding hydrogens is 537 g/mol. The van der Waals surface area contributed by atoms with E-state index < -0.39 is 62.6 Å². The fourth-order valence-corrected chi connectivity index (χ4v) is 5.73. The number of fused-ring (bicyclic) bond motifs is 1. The fourth-order valence-electron chi connectivity index (χ4n) is 4.01. The second-order valence-corrected chi connectivity index (χ2v) is 10.1. The first kappa shape index (κ1) is 28.7. The molecule has 0 saturated heterocycles. The van der Waals surface area contributed by atoms with Crippen molar-refractivity contribution in [2.45, 2.75) is 48.2 Å². The highest BCUT2D eigenvalue weighted by atomic mass is 32.2. The van der Waals surface area contributed by atoms with Crippen LogP contribution in [0.5, 0.6) is 0 Å². The maximum atomic E-state index is 13.5. The van der Waals surface area contributed by atoms with Gasteiger partial charge in [0, 0.05) is 12.6 Å². The number of aliphatic hydroxyl groups is 1. The SMILES string of the molecule is CON(C)C(=O)CC1CCc2cc(C(O)(C(F)(F)F)C(F)(F)F)ccc2N1S(=O)(=O)c1ccc(F)cc1. The highest BCUT2D eigenvalue weighted by molar-refractivity contribution is 7.92. The van der Waals surface area contributed by atoms with Crippen molar-refractivity contribution in [1.29, 1.82) is 0 Å². The molecule has 3 rings (SSSR count). The van der Waals surface area contributed by atoms with E-state index in [9.17, 15) is 49.1 Å². The minimum absolute atomic E-state index is 0.170. The summed E-state index contributed by atoms with van der Waals surface area (Å²) < 4.78 is 122. The number of carbonyl (C=O) groups is 1. The number of nitrogens with zero attached hydrogens (tertiary/aromatic N) is 2. The number of halogens is 7. The number of benzene rings is 2. The zero-order valence-electron chi connectivity index (χ0n) is 19.3. The van der Waals surface area contributed by atoms with Gasteiger partial charge in [-0.2, -0.15) is 26.3 Å². The summed E-state index contributed by atoms with van der Waals surface area (Å²) in [7, 11) is -2.13. The number of hydroxylamine groups is 2. The minimum atomic E-state index is -6.13. The average Bonchev–Trinajstić information content (AvgIpc) is 2.81. The van der Waals surface area contributed by atoms with Gasteiger partial charge in [-0.1, -0.05) is 12.1 Å². The van der Waals surface area contributed by atoms with Crippen LogP contribution in [0.1, 0.15) is 24.0 Å². The molecule has 0 aliphatic carbocycles. The molecule has 0 radical (unpaired) electrons. The van der Waals surface area contributed by atoms with Crippen LogP contribution in [0.2, 0.25) is 0 Å². The van der Waals surface area contributed by atoms with Gasteiger partial charge in [0.05, 0.1) is 30.2 Å². The Bertz CT molecular complexity index is 1250. The molecule has 204 valence electrons. The highest BCUT2D eigenvalue weighted by Gasteiger charge is 2.71. The molecule has 15 heteroatoms. The third-order valence-corrected chi connectivity index (χ3v) is 7.92. The quantitative estimate of drug-likeness (QED) is 0.427. The monoisotopic (exact) mass is 558 g/mol. The molecule has 2 aromatic carbocycles. The zero-order chi connectivity index (χ0) is 28.0.